The Bertz CT molecular complexity index is 1180. The fraction of sp³-hybridized carbons (Fsp3) is 0.450. The van der Waals surface area contributed by atoms with Gasteiger partial charge >= 0.3 is 5.69 Å². The lowest BCUT2D eigenvalue weighted by Gasteiger charge is -2.33. The van der Waals surface area contributed by atoms with E-state index >= 15 is 0 Å². The molecule has 0 spiro atoms. The molecule has 0 saturated carbocycles. The number of ether oxygens (including phenoxy) is 1. The van der Waals surface area contributed by atoms with Gasteiger partial charge in [-0.05, 0) is 24.5 Å². The number of aromatic nitrogens is 4. The SMILES string of the molecule is COc1cccc(N2C[C@@H](C)Cn3c2nc2c3c(=O)n(CCCO)c(=O)n2C)c1. The normalized spacial score (nSPS) is 16.3. The molecule has 0 saturated heterocycles. The number of hydrogen-bond donors (Lipinski definition) is 1. The summed E-state index contributed by atoms with van der Waals surface area (Å²) in [6.07, 6.45) is 0.341. The Morgan fingerprint density at radius 1 is 1.28 bits per heavy atom. The van der Waals surface area contributed by atoms with E-state index in [1.165, 1.54) is 9.13 Å². The molecule has 1 aliphatic heterocycles. The minimum absolute atomic E-state index is 0.0845. The Balaban J connectivity index is 1.96. The first kappa shape index (κ1) is 19.3. The van der Waals surface area contributed by atoms with Crippen molar-refractivity contribution in [2.24, 2.45) is 13.0 Å². The number of hydrogen-bond acceptors (Lipinski definition) is 6. The molecule has 0 bridgehead atoms. The maximum Gasteiger partial charge on any atom is 0.332 e. The summed E-state index contributed by atoms with van der Waals surface area (Å²) in [6, 6.07) is 7.70. The summed E-state index contributed by atoms with van der Waals surface area (Å²) in [5.74, 6) is 1.65. The second-order valence-corrected chi connectivity index (χ2v) is 7.49. The molecule has 1 atom stereocenters. The second-order valence-electron chi connectivity index (χ2n) is 7.49. The van der Waals surface area contributed by atoms with Crippen molar-refractivity contribution in [3.63, 3.8) is 0 Å². The quantitative estimate of drug-likeness (QED) is 0.690. The van der Waals surface area contributed by atoms with Gasteiger partial charge < -0.3 is 19.3 Å². The van der Waals surface area contributed by atoms with Crippen LogP contribution in [0.2, 0.25) is 0 Å². The lowest BCUT2D eigenvalue weighted by Crippen LogP contribution is -2.40. The lowest BCUT2D eigenvalue weighted by molar-refractivity contribution is 0.277. The Labute approximate surface area is 167 Å². The minimum atomic E-state index is -0.424. The van der Waals surface area contributed by atoms with E-state index in [-0.39, 0.29) is 24.6 Å². The maximum atomic E-state index is 13.2. The molecule has 1 aliphatic rings. The minimum Gasteiger partial charge on any atom is -0.497 e. The molecule has 4 rings (SSSR count). The lowest BCUT2D eigenvalue weighted by atomic mass is 10.1. The van der Waals surface area contributed by atoms with Crippen LogP contribution in [0.5, 0.6) is 5.75 Å². The molecule has 9 heteroatoms. The van der Waals surface area contributed by atoms with Gasteiger partial charge in [-0.25, -0.2) is 4.79 Å². The van der Waals surface area contributed by atoms with Gasteiger partial charge in [-0.3, -0.25) is 13.9 Å². The summed E-state index contributed by atoms with van der Waals surface area (Å²) in [5, 5.41) is 9.12. The van der Waals surface area contributed by atoms with Gasteiger partial charge in [0.2, 0.25) is 5.95 Å². The molecule has 1 N–H and O–H groups in total. The van der Waals surface area contributed by atoms with Gasteiger partial charge in [0.1, 0.15) is 5.75 Å². The van der Waals surface area contributed by atoms with Gasteiger partial charge in [-0.1, -0.05) is 13.0 Å². The molecule has 3 heterocycles. The van der Waals surface area contributed by atoms with Crippen LogP contribution in [-0.4, -0.2) is 44.1 Å². The first-order chi connectivity index (χ1) is 14.0. The average molecular weight is 399 g/mol. The smallest absolute Gasteiger partial charge is 0.332 e. The van der Waals surface area contributed by atoms with E-state index in [1.807, 2.05) is 28.8 Å². The molecule has 29 heavy (non-hydrogen) atoms. The van der Waals surface area contributed by atoms with Gasteiger partial charge in [0.15, 0.2) is 11.2 Å². The van der Waals surface area contributed by atoms with Gasteiger partial charge in [0.25, 0.3) is 5.56 Å². The van der Waals surface area contributed by atoms with Crippen LogP contribution >= 0.6 is 0 Å². The zero-order valence-electron chi connectivity index (χ0n) is 16.8. The standard InChI is InChI=1S/C20H25N5O4/c1-13-11-24(14-6-4-7-15(10-14)29-3)19-21-17-16(25(19)12-13)18(27)23(8-5-9-26)20(28)22(17)2/h4,6-7,10,13,26H,5,8-9,11-12H2,1-3H3/t13-/m1/s1. The van der Waals surface area contributed by atoms with Crippen molar-refractivity contribution in [1.82, 2.24) is 18.7 Å². The first-order valence-corrected chi connectivity index (χ1v) is 9.68. The summed E-state index contributed by atoms with van der Waals surface area (Å²) in [6.45, 7) is 3.59. The molecule has 2 aromatic heterocycles. The topological polar surface area (TPSA) is 94.5 Å². The van der Waals surface area contributed by atoms with Crippen molar-refractivity contribution < 1.29 is 9.84 Å². The van der Waals surface area contributed by atoms with E-state index in [1.54, 1.807) is 14.2 Å². The van der Waals surface area contributed by atoms with Gasteiger partial charge in [0, 0.05) is 45.0 Å². The van der Waals surface area contributed by atoms with Crippen LogP contribution in [-0.2, 0) is 20.1 Å². The van der Waals surface area contributed by atoms with Crippen LogP contribution < -0.4 is 20.9 Å². The van der Waals surface area contributed by atoms with Crippen LogP contribution in [0.1, 0.15) is 13.3 Å². The Kier molecular flexibility index (Phi) is 4.91. The number of anilines is 2. The molecule has 3 aromatic rings. The summed E-state index contributed by atoms with van der Waals surface area (Å²) < 4.78 is 9.85. The number of benzene rings is 1. The highest BCUT2D eigenvalue weighted by atomic mass is 16.5. The molecule has 154 valence electrons. The van der Waals surface area contributed by atoms with Crippen LogP contribution in [0.15, 0.2) is 33.9 Å². The molecular formula is C20H25N5O4. The molecular weight excluding hydrogens is 374 g/mol. The van der Waals surface area contributed by atoms with Crippen molar-refractivity contribution in [2.45, 2.75) is 26.4 Å². The van der Waals surface area contributed by atoms with E-state index in [2.05, 4.69) is 11.8 Å². The molecule has 0 aliphatic carbocycles. The largest absolute Gasteiger partial charge is 0.497 e. The van der Waals surface area contributed by atoms with Crippen LogP contribution in [0.4, 0.5) is 11.6 Å². The number of imidazole rings is 1. The summed E-state index contributed by atoms with van der Waals surface area (Å²) >= 11 is 0. The van der Waals surface area contributed by atoms with Gasteiger partial charge in [-0.15, -0.1) is 0 Å². The third-order valence-electron chi connectivity index (χ3n) is 5.35. The zero-order valence-corrected chi connectivity index (χ0v) is 16.8. The van der Waals surface area contributed by atoms with Crippen LogP contribution in [0.3, 0.4) is 0 Å². The van der Waals surface area contributed by atoms with E-state index in [9.17, 15) is 9.59 Å². The molecule has 0 amide bonds. The van der Waals surface area contributed by atoms with Gasteiger partial charge in [-0.2, -0.15) is 4.98 Å². The Morgan fingerprint density at radius 2 is 2.07 bits per heavy atom. The number of aliphatic hydroxyl groups is 1. The monoisotopic (exact) mass is 399 g/mol. The Morgan fingerprint density at radius 3 is 2.79 bits per heavy atom. The van der Waals surface area contributed by atoms with Crippen molar-refractivity contribution in [3.8, 4) is 5.75 Å². The first-order valence-electron chi connectivity index (χ1n) is 9.68. The number of nitrogens with zero attached hydrogens (tertiary/aromatic N) is 5. The summed E-state index contributed by atoms with van der Waals surface area (Å²) in [4.78, 5) is 32.6. The number of aryl methyl sites for hydroxylation is 1. The van der Waals surface area contributed by atoms with Crippen molar-refractivity contribution in [3.05, 3.63) is 45.1 Å². The number of aliphatic hydroxyl groups excluding tert-OH is 1. The van der Waals surface area contributed by atoms with Crippen LogP contribution in [0, 0.1) is 5.92 Å². The molecule has 1 aromatic carbocycles. The van der Waals surface area contributed by atoms with Crippen molar-refractivity contribution >= 4 is 22.8 Å². The van der Waals surface area contributed by atoms with Crippen molar-refractivity contribution in [1.29, 1.82) is 0 Å². The number of fused-ring (bicyclic) bond motifs is 3. The van der Waals surface area contributed by atoms with E-state index in [4.69, 9.17) is 14.8 Å². The van der Waals surface area contributed by atoms with Crippen molar-refractivity contribution in [2.75, 3.05) is 25.2 Å². The fourth-order valence-corrected chi connectivity index (χ4v) is 3.93. The highest BCUT2D eigenvalue weighted by Crippen LogP contribution is 2.34. The number of methoxy groups -OCH3 is 1. The third-order valence-corrected chi connectivity index (χ3v) is 5.35. The maximum absolute atomic E-state index is 13.2. The molecule has 0 unspecified atom stereocenters. The zero-order chi connectivity index (χ0) is 20.7. The second kappa shape index (κ2) is 7.40. The summed E-state index contributed by atoms with van der Waals surface area (Å²) in [5.41, 5.74) is 0.914. The average Bonchev–Trinajstić information content (AvgIpc) is 3.11. The summed E-state index contributed by atoms with van der Waals surface area (Å²) in [7, 11) is 3.25. The fourth-order valence-electron chi connectivity index (χ4n) is 3.93. The van der Waals surface area contributed by atoms with E-state index < -0.39 is 5.69 Å². The Hall–Kier alpha value is -3.07. The number of rotatable bonds is 5. The third kappa shape index (κ3) is 3.11. The highest BCUT2D eigenvalue weighted by Gasteiger charge is 2.29. The van der Waals surface area contributed by atoms with Gasteiger partial charge in [0.05, 0.1) is 7.11 Å². The highest BCUT2D eigenvalue weighted by molar-refractivity contribution is 5.77. The molecule has 9 nitrogen and oxygen atoms in total. The van der Waals surface area contributed by atoms with E-state index in [0.29, 0.717) is 30.1 Å². The predicted octanol–water partition coefficient (Wildman–Crippen LogP) is 1.08. The molecule has 0 fully saturated rings. The molecule has 0 radical (unpaired) electrons. The van der Waals surface area contributed by atoms with Crippen LogP contribution in [0.25, 0.3) is 11.2 Å². The van der Waals surface area contributed by atoms with E-state index in [0.717, 1.165) is 18.0 Å². The predicted molar refractivity (Wildman–Crippen MR) is 110 cm³/mol.